The van der Waals surface area contributed by atoms with Gasteiger partial charge >= 0.3 is 11.9 Å². The van der Waals surface area contributed by atoms with Gasteiger partial charge in [-0.2, -0.15) is 0 Å². The van der Waals surface area contributed by atoms with E-state index in [-0.39, 0.29) is 18.8 Å². The number of carbonyl (C=O) groups excluding carboxylic acids is 3. The zero-order chi connectivity index (χ0) is 25.0. The zero-order valence-electron chi connectivity index (χ0n) is 18.7. The molecular weight excluding hydrogens is 432 g/mol. The van der Waals surface area contributed by atoms with E-state index in [9.17, 15) is 24.0 Å². The van der Waals surface area contributed by atoms with E-state index in [2.05, 4.69) is 16.0 Å². The number of carbonyl (C=O) groups is 5. The summed E-state index contributed by atoms with van der Waals surface area (Å²) in [5.41, 5.74) is 6.86. The molecule has 11 heteroatoms. The molecule has 0 aromatic heterocycles. The summed E-state index contributed by atoms with van der Waals surface area (Å²) in [6.45, 7) is 2.88. The van der Waals surface area contributed by atoms with Gasteiger partial charge in [-0.1, -0.05) is 50.6 Å². The summed E-state index contributed by atoms with van der Waals surface area (Å²) in [6, 6.07) is 5.92. The van der Waals surface area contributed by atoms with E-state index in [1.807, 2.05) is 37.3 Å². The van der Waals surface area contributed by atoms with Crippen molar-refractivity contribution in [3.63, 3.8) is 0 Å². The molecule has 0 spiro atoms. The standard InChI is InChI=1S/C22H32N4O7/c1-3-13(2)19(26-20(31)15(23)11-14-7-5-4-6-8-14)22(33)25-16(9-10-17(27)28)21(32)24-12-18(29)30/h4-8,13,15-16,19H,3,9-12,23H2,1-2H3,(H,24,32)(H,25,33)(H,26,31)(H,27,28)(H,29,30). The topological polar surface area (TPSA) is 188 Å². The van der Waals surface area contributed by atoms with Crippen LogP contribution in [0.5, 0.6) is 0 Å². The Morgan fingerprint density at radius 3 is 2.12 bits per heavy atom. The first-order valence-corrected chi connectivity index (χ1v) is 10.7. The fourth-order valence-electron chi connectivity index (χ4n) is 3.01. The van der Waals surface area contributed by atoms with Gasteiger partial charge in [-0.3, -0.25) is 24.0 Å². The normalized spacial score (nSPS) is 14.3. The second-order valence-corrected chi connectivity index (χ2v) is 7.77. The number of benzene rings is 1. The average molecular weight is 465 g/mol. The number of nitrogens with two attached hydrogens (primary N) is 1. The molecule has 0 saturated carbocycles. The van der Waals surface area contributed by atoms with Crippen LogP contribution in [0.4, 0.5) is 0 Å². The lowest BCUT2D eigenvalue weighted by Crippen LogP contribution is -2.58. The summed E-state index contributed by atoms with van der Waals surface area (Å²) >= 11 is 0. The minimum atomic E-state index is -1.29. The summed E-state index contributed by atoms with van der Waals surface area (Å²) in [6.07, 6.45) is 0.118. The van der Waals surface area contributed by atoms with Crippen LogP contribution in [0.15, 0.2) is 30.3 Å². The molecule has 11 nitrogen and oxygen atoms in total. The fraction of sp³-hybridized carbons (Fsp3) is 0.500. The Balaban J connectivity index is 2.90. The molecule has 1 aromatic rings. The molecule has 1 aromatic carbocycles. The van der Waals surface area contributed by atoms with Gasteiger partial charge in [-0.05, 0) is 24.3 Å². The van der Waals surface area contributed by atoms with Gasteiger partial charge in [-0.15, -0.1) is 0 Å². The third kappa shape index (κ3) is 10.1. The molecule has 4 unspecified atom stereocenters. The maximum Gasteiger partial charge on any atom is 0.322 e. The van der Waals surface area contributed by atoms with Crippen LogP contribution >= 0.6 is 0 Å². The van der Waals surface area contributed by atoms with Crippen LogP contribution in [-0.2, 0) is 30.4 Å². The van der Waals surface area contributed by atoms with Gasteiger partial charge in [0.05, 0.1) is 6.04 Å². The average Bonchev–Trinajstić information content (AvgIpc) is 2.78. The Bertz CT molecular complexity index is 831. The van der Waals surface area contributed by atoms with Crippen molar-refractivity contribution >= 4 is 29.7 Å². The van der Waals surface area contributed by atoms with E-state index in [1.165, 1.54) is 0 Å². The number of carboxylic acid groups (broad SMARTS) is 2. The van der Waals surface area contributed by atoms with Gasteiger partial charge in [0, 0.05) is 6.42 Å². The van der Waals surface area contributed by atoms with E-state index < -0.39 is 60.8 Å². The smallest absolute Gasteiger partial charge is 0.322 e. The van der Waals surface area contributed by atoms with E-state index in [0.717, 1.165) is 5.56 Å². The number of hydrogen-bond donors (Lipinski definition) is 6. The number of aliphatic carboxylic acids is 2. The lowest BCUT2D eigenvalue weighted by atomic mass is 9.96. The van der Waals surface area contributed by atoms with E-state index in [1.54, 1.807) is 6.92 Å². The van der Waals surface area contributed by atoms with E-state index in [0.29, 0.717) is 6.42 Å². The highest BCUT2D eigenvalue weighted by Gasteiger charge is 2.31. The van der Waals surface area contributed by atoms with Crippen LogP contribution in [0.3, 0.4) is 0 Å². The van der Waals surface area contributed by atoms with Crippen LogP contribution in [0.1, 0.15) is 38.7 Å². The first-order valence-electron chi connectivity index (χ1n) is 10.7. The van der Waals surface area contributed by atoms with Crippen molar-refractivity contribution in [1.29, 1.82) is 0 Å². The maximum absolute atomic E-state index is 12.9. The minimum Gasteiger partial charge on any atom is -0.481 e. The molecule has 7 N–H and O–H groups in total. The van der Waals surface area contributed by atoms with Gasteiger partial charge in [0.1, 0.15) is 18.6 Å². The van der Waals surface area contributed by atoms with Crippen molar-refractivity contribution in [2.45, 2.75) is 57.7 Å². The quantitative estimate of drug-likeness (QED) is 0.215. The van der Waals surface area contributed by atoms with Crippen molar-refractivity contribution in [1.82, 2.24) is 16.0 Å². The van der Waals surface area contributed by atoms with Crippen molar-refractivity contribution in [2.75, 3.05) is 6.54 Å². The molecule has 0 aliphatic heterocycles. The summed E-state index contributed by atoms with van der Waals surface area (Å²) < 4.78 is 0. The SMILES string of the molecule is CCC(C)C(NC(=O)C(N)Cc1ccccc1)C(=O)NC(CCC(=O)O)C(=O)NCC(=O)O. The molecule has 0 aliphatic carbocycles. The number of nitrogens with one attached hydrogen (secondary N) is 3. The molecule has 0 aliphatic rings. The third-order valence-corrected chi connectivity index (χ3v) is 5.12. The Hall–Kier alpha value is -3.47. The molecular formula is C22H32N4O7. The predicted octanol–water partition coefficient (Wildman–Crippen LogP) is -0.362. The van der Waals surface area contributed by atoms with E-state index >= 15 is 0 Å². The Kier molecular flexibility index (Phi) is 11.6. The van der Waals surface area contributed by atoms with Crippen LogP contribution < -0.4 is 21.7 Å². The number of rotatable bonds is 14. The maximum atomic E-state index is 12.9. The molecule has 3 amide bonds. The van der Waals surface area contributed by atoms with E-state index in [4.69, 9.17) is 15.9 Å². The van der Waals surface area contributed by atoms with Crippen molar-refractivity contribution in [2.24, 2.45) is 11.7 Å². The third-order valence-electron chi connectivity index (χ3n) is 5.12. The van der Waals surface area contributed by atoms with Crippen molar-refractivity contribution in [3.8, 4) is 0 Å². The first-order chi connectivity index (χ1) is 15.5. The molecule has 1 rings (SSSR count). The molecule has 4 atom stereocenters. The molecule has 0 bridgehead atoms. The van der Waals surface area contributed by atoms with Gasteiger partial charge in [0.15, 0.2) is 0 Å². The predicted molar refractivity (Wildman–Crippen MR) is 119 cm³/mol. The summed E-state index contributed by atoms with van der Waals surface area (Å²) in [5, 5.41) is 24.9. The lowest BCUT2D eigenvalue weighted by molar-refractivity contribution is -0.140. The van der Waals surface area contributed by atoms with Crippen LogP contribution in [0.2, 0.25) is 0 Å². The molecule has 0 saturated heterocycles. The summed E-state index contributed by atoms with van der Waals surface area (Å²) in [7, 11) is 0. The minimum absolute atomic E-state index is 0.249. The molecule has 33 heavy (non-hydrogen) atoms. The highest BCUT2D eigenvalue weighted by atomic mass is 16.4. The number of amides is 3. The molecule has 0 radical (unpaired) electrons. The molecule has 182 valence electrons. The molecule has 0 fully saturated rings. The lowest BCUT2D eigenvalue weighted by Gasteiger charge is -2.27. The fourth-order valence-corrected chi connectivity index (χ4v) is 3.01. The first kappa shape index (κ1) is 27.6. The van der Waals surface area contributed by atoms with Crippen LogP contribution in [0.25, 0.3) is 0 Å². The van der Waals surface area contributed by atoms with Crippen LogP contribution in [-0.4, -0.2) is 64.5 Å². The summed E-state index contributed by atoms with van der Waals surface area (Å²) in [5.74, 6) is -4.85. The second kappa shape index (κ2) is 13.8. The largest absolute Gasteiger partial charge is 0.481 e. The van der Waals surface area contributed by atoms with Gasteiger partial charge < -0.3 is 31.9 Å². The molecule has 0 heterocycles. The Morgan fingerprint density at radius 1 is 0.939 bits per heavy atom. The highest BCUT2D eigenvalue weighted by Crippen LogP contribution is 2.11. The van der Waals surface area contributed by atoms with Gasteiger partial charge in [0.25, 0.3) is 0 Å². The van der Waals surface area contributed by atoms with Gasteiger partial charge in [0.2, 0.25) is 17.7 Å². The number of hydrogen-bond acceptors (Lipinski definition) is 6. The Labute approximate surface area is 192 Å². The number of carboxylic acids is 2. The van der Waals surface area contributed by atoms with Crippen LogP contribution in [0, 0.1) is 5.92 Å². The Morgan fingerprint density at radius 2 is 1.58 bits per heavy atom. The van der Waals surface area contributed by atoms with Gasteiger partial charge in [-0.25, -0.2) is 0 Å². The summed E-state index contributed by atoms with van der Waals surface area (Å²) in [4.78, 5) is 59.5. The zero-order valence-corrected chi connectivity index (χ0v) is 18.7. The highest BCUT2D eigenvalue weighted by molar-refractivity contribution is 5.94. The second-order valence-electron chi connectivity index (χ2n) is 7.77. The van der Waals surface area contributed by atoms with Crippen molar-refractivity contribution < 1.29 is 34.2 Å². The van der Waals surface area contributed by atoms with Crippen molar-refractivity contribution in [3.05, 3.63) is 35.9 Å². The monoisotopic (exact) mass is 464 g/mol.